The monoisotopic (exact) mass is 562 g/mol. The van der Waals surface area contributed by atoms with Crippen molar-refractivity contribution in [2.45, 2.75) is 65.2 Å². The summed E-state index contributed by atoms with van der Waals surface area (Å²) in [5.74, 6) is 1.65. The highest BCUT2D eigenvalue weighted by Gasteiger charge is 2.31. The molecule has 0 bridgehead atoms. The molecular weight excluding hydrogens is 537 g/mol. The molecule has 1 unspecified atom stereocenters. The molecule has 0 aromatic carbocycles. The second-order valence-corrected chi connectivity index (χ2v) is 16.2. The topological polar surface area (TPSA) is 0 Å². The minimum Gasteiger partial charge on any atom is -0.0654 e. The molecule has 1 atom stereocenters. The van der Waals surface area contributed by atoms with Crippen molar-refractivity contribution in [3.8, 4) is 0 Å². The molecule has 0 aliphatic heterocycles. The van der Waals surface area contributed by atoms with Crippen molar-refractivity contribution in [1.82, 2.24) is 0 Å². The summed E-state index contributed by atoms with van der Waals surface area (Å²) >= 11 is 7.80. The first-order chi connectivity index (χ1) is 7.39. The second-order valence-electron chi connectivity index (χ2n) is 4.95. The van der Waals surface area contributed by atoms with Gasteiger partial charge in [-0.3, -0.25) is 0 Å². The number of unbranched alkanes of at least 4 members (excludes halogenated alkanes) is 5. The summed E-state index contributed by atoms with van der Waals surface area (Å²) in [7, 11) is 0. The van der Waals surface area contributed by atoms with Crippen molar-refractivity contribution in [1.29, 1.82) is 0 Å². The van der Waals surface area contributed by atoms with Gasteiger partial charge in [-0.2, -0.15) is 0 Å². The fourth-order valence-electron chi connectivity index (χ4n) is 2.02. The summed E-state index contributed by atoms with van der Waals surface area (Å²) in [5.41, 5.74) is 0. The minimum absolute atomic E-state index is 0.394. The molecule has 0 nitrogen and oxygen atoms in total. The van der Waals surface area contributed by atoms with Gasteiger partial charge in [0.05, 0.1) is 0 Å². The van der Waals surface area contributed by atoms with Gasteiger partial charge in [-0.15, -0.1) is 0 Å². The fraction of sp³-hybridized carbons (Fsp3) is 1.00. The Labute approximate surface area is 143 Å². The second kappa shape index (κ2) is 10.0. The number of rotatable bonds is 9. The van der Waals surface area contributed by atoms with Gasteiger partial charge in [0.15, 0.2) is 0 Å². The smallest absolute Gasteiger partial charge is 0.0654 e. The molecule has 0 heterocycles. The Morgan fingerprint density at radius 1 is 0.875 bits per heavy atom. The van der Waals surface area contributed by atoms with Crippen LogP contribution in [0, 0.1) is 11.8 Å². The van der Waals surface area contributed by atoms with Crippen molar-refractivity contribution in [2.75, 3.05) is 0 Å². The zero-order chi connectivity index (χ0) is 12.6. The van der Waals surface area contributed by atoms with Gasteiger partial charge in [-0.1, -0.05) is 127 Å². The third kappa shape index (κ3) is 9.16. The van der Waals surface area contributed by atoms with E-state index in [9.17, 15) is 0 Å². The Morgan fingerprint density at radius 3 is 1.81 bits per heavy atom. The first-order valence-corrected chi connectivity index (χ1v) is 9.70. The lowest BCUT2D eigenvalue weighted by molar-refractivity contribution is 0.375. The van der Waals surface area contributed by atoms with E-state index in [1.807, 2.05) is 0 Å². The Bertz CT molecular complexity index is 161. The molecule has 0 fully saturated rings. The molecule has 0 saturated heterocycles. The number of alkyl halides is 3. The lowest BCUT2D eigenvalue weighted by Gasteiger charge is -2.29. The third-order valence-electron chi connectivity index (χ3n) is 3.09. The van der Waals surface area contributed by atoms with Gasteiger partial charge >= 0.3 is 0 Å². The van der Waals surface area contributed by atoms with Crippen LogP contribution in [0.2, 0.25) is 0 Å². The average molecular weight is 562 g/mol. The Kier molecular flexibility index (Phi) is 11.4. The lowest BCUT2D eigenvalue weighted by Crippen LogP contribution is -2.22. The van der Waals surface area contributed by atoms with Crippen LogP contribution < -0.4 is 0 Å². The number of halogens is 3. The Morgan fingerprint density at radius 2 is 1.38 bits per heavy atom. The van der Waals surface area contributed by atoms with Crippen LogP contribution in [-0.2, 0) is 0 Å². The molecule has 0 aromatic rings. The molecule has 3 heteroatoms. The van der Waals surface area contributed by atoms with E-state index in [4.69, 9.17) is 0 Å². The molecule has 0 amide bonds. The average Bonchev–Trinajstić information content (AvgIpc) is 2.13. The molecule has 0 aliphatic rings. The summed E-state index contributed by atoms with van der Waals surface area (Å²) < 4.78 is 0.394. The summed E-state index contributed by atoms with van der Waals surface area (Å²) in [5, 5.41) is 0. The standard InChI is InChI=1S/C13H25I3/c1-4-5-6-7-8-9-10-12(11(2)3)13(14,15)16/h11-12H,4-10H2,1-3H3. The predicted molar refractivity (Wildman–Crippen MR) is 101 cm³/mol. The molecule has 0 aliphatic carbocycles. The maximum atomic E-state index is 2.60. The molecule has 0 N–H and O–H groups in total. The van der Waals surface area contributed by atoms with E-state index in [0.29, 0.717) is -0.565 Å². The van der Waals surface area contributed by atoms with E-state index in [1.165, 1.54) is 44.9 Å². The van der Waals surface area contributed by atoms with Gasteiger partial charge in [-0.25, -0.2) is 0 Å². The van der Waals surface area contributed by atoms with Gasteiger partial charge < -0.3 is 0 Å². The first kappa shape index (κ1) is 18.2. The Balaban J connectivity index is 3.70. The Hall–Kier alpha value is 2.19. The van der Waals surface area contributed by atoms with Crippen LogP contribution in [0.4, 0.5) is 0 Å². The molecule has 0 aromatic heterocycles. The van der Waals surface area contributed by atoms with Crippen molar-refractivity contribution >= 4 is 67.8 Å². The van der Waals surface area contributed by atoms with E-state index >= 15 is 0 Å². The van der Waals surface area contributed by atoms with Crippen molar-refractivity contribution in [3.05, 3.63) is 0 Å². The van der Waals surface area contributed by atoms with Crippen LogP contribution >= 0.6 is 67.8 Å². The molecule has 16 heavy (non-hydrogen) atoms. The molecule has 0 saturated carbocycles. The summed E-state index contributed by atoms with van der Waals surface area (Å²) in [6.07, 6.45) is 9.91. The highest BCUT2D eigenvalue weighted by molar-refractivity contribution is 14.3. The third-order valence-corrected chi connectivity index (χ3v) is 5.49. The summed E-state index contributed by atoms with van der Waals surface area (Å²) in [6, 6.07) is 0. The SMILES string of the molecule is CCCCCCCCC(C(C)C)C(I)(I)I. The van der Waals surface area contributed by atoms with E-state index in [-0.39, 0.29) is 0 Å². The molecule has 0 spiro atoms. The van der Waals surface area contributed by atoms with Crippen LogP contribution in [0.1, 0.15) is 65.7 Å². The molecule has 98 valence electrons. The molecular formula is C13H25I3. The first-order valence-electron chi connectivity index (χ1n) is 6.46. The van der Waals surface area contributed by atoms with Crippen LogP contribution in [0.15, 0.2) is 0 Å². The minimum atomic E-state index is 0.394. The lowest BCUT2D eigenvalue weighted by atomic mass is 9.92. The van der Waals surface area contributed by atoms with Gasteiger partial charge in [0.25, 0.3) is 0 Å². The quantitative estimate of drug-likeness (QED) is 0.162. The van der Waals surface area contributed by atoms with E-state index in [0.717, 1.165) is 11.8 Å². The van der Waals surface area contributed by atoms with E-state index in [2.05, 4.69) is 88.5 Å². The molecule has 0 radical (unpaired) electrons. The number of hydrogen-bond acceptors (Lipinski definition) is 0. The van der Waals surface area contributed by atoms with Crippen LogP contribution in [-0.4, -0.2) is -0.565 Å². The summed E-state index contributed by atoms with van der Waals surface area (Å²) in [6.45, 7) is 7.02. The largest absolute Gasteiger partial charge is 0.127 e. The van der Waals surface area contributed by atoms with Gasteiger partial charge in [0, 0.05) is 0 Å². The maximum Gasteiger partial charge on any atom is 0.127 e. The van der Waals surface area contributed by atoms with Crippen molar-refractivity contribution in [2.24, 2.45) is 11.8 Å². The zero-order valence-corrected chi connectivity index (χ0v) is 17.2. The highest BCUT2D eigenvalue weighted by atomic mass is 127. The van der Waals surface area contributed by atoms with Crippen LogP contribution in [0.5, 0.6) is 0 Å². The summed E-state index contributed by atoms with van der Waals surface area (Å²) in [4.78, 5) is 0. The van der Waals surface area contributed by atoms with Crippen LogP contribution in [0.3, 0.4) is 0 Å². The van der Waals surface area contributed by atoms with E-state index in [1.54, 1.807) is 0 Å². The zero-order valence-electron chi connectivity index (χ0n) is 10.7. The molecule has 0 rings (SSSR count). The van der Waals surface area contributed by atoms with Crippen molar-refractivity contribution in [3.63, 3.8) is 0 Å². The van der Waals surface area contributed by atoms with Gasteiger partial charge in [-0.05, 0) is 18.3 Å². The van der Waals surface area contributed by atoms with Crippen LogP contribution in [0.25, 0.3) is 0 Å². The normalized spacial score (nSPS) is 14.4. The fourth-order valence-corrected chi connectivity index (χ4v) is 5.11. The van der Waals surface area contributed by atoms with E-state index < -0.39 is 0 Å². The highest BCUT2D eigenvalue weighted by Crippen LogP contribution is 2.48. The van der Waals surface area contributed by atoms with Crippen molar-refractivity contribution < 1.29 is 0 Å². The van der Waals surface area contributed by atoms with Gasteiger partial charge in [0.2, 0.25) is 0 Å². The predicted octanol–water partition coefficient (Wildman–Crippen LogP) is 6.97. The van der Waals surface area contributed by atoms with Gasteiger partial charge in [0.1, 0.15) is -0.565 Å². The maximum absolute atomic E-state index is 2.60. The number of hydrogen-bond donors (Lipinski definition) is 0.